The van der Waals surface area contributed by atoms with Gasteiger partial charge in [-0.25, -0.2) is 4.98 Å². The summed E-state index contributed by atoms with van der Waals surface area (Å²) >= 11 is 1.64. The number of amides is 1. The Morgan fingerprint density at radius 1 is 1.32 bits per heavy atom. The van der Waals surface area contributed by atoms with E-state index in [1.54, 1.807) is 29.8 Å². The van der Waals surface area contributed by atoms with E-state index in [4.69, 9.17) is 0 Å². The monoisotopic (exact) mass is 313 g/mol. The van der Waals surface area contributed by atoms with E-state index in [1.165, 1.54) is 0 Å². The summed E-state index contributed by atoms with van der Waals surface area (Å²) in [6, 6.07) is 3.75. The molecule has 1 aliphatic rings. The second-order valence-corrected chi connectivity index (χ2v) is 6.54. The zero-order valence-corrected chi connectivity index (χ0v) is 13.4. The SMILES string of the molecule is Cc1csc(C2(NC(=O)C=Cc3ccncc3)CCCC2)n1. The van der Waals surface area contributed by atoms with Gasteiger partial charge in [-0.3, -0.25) is 9.78 Å². The van der Waals surface area contributed by atoms with Crippen LogP contribution in [0.1, 0.15) is 41.9 Å². The predicted molar refractivity (Wildman–Crippen MR) is 88.4 cm³/mol. The van der Waals surface area contributed by atoms with Crippen molar-refractivity contribution in [3.63, 3.8) is 0 Å². The summed E-state index contributed by atoms with van der Waals surface area (Å²) < 4.78 is 0. The smallest absolute Gasteiger partial charge is 0.244 e. The Kier molecular flexibility index (Phi) is 4.34. The Labute approximate surface area is 134 Å². The van der Waals surface area contributed by atoms with E-state index in [1.807, 2.05) is 30.5 Å². The molecule has 0 saturated heterocycles. The molecule has 0 unspecified atom stereocenters. The summed E-state index contributed by atoms with van der Waals surface area (Å²) in [6.45, 7) is 1.99. The van der Waals surface area contributed by atoms with Crippen LogP contribution in [0.2, 0.25) is 0 Å². The first-order valence-corrected chi connectivity index (χ1v) is 8.39. The standard InChI is InChI=1S/C17H19N3OS/c1-13-12-22-16(19-13)17(8-2-3-9-17)20-15(21)5-4-14-6-10-18-11-7-14/h4-7,10-12H,2-3,8-9H2,1H3,(H,20,21). The maximum Gasteiger partial charge on any atom is 0.244 e. The van der Waals surface area contributed by atoms with Gasteiger partial charge in [-0.1, -0.05) is 12.8 Å². The molecule has 2 aromatic heterocycles. The Hall–Kier alpha value is -2.01. The molecule has 22 heavy (non-hydrogen) atoms. The topological polar surface area (TPSA) is 54.9 Å². The summed E-state index contributed by atoms with van der Waals surface area (Å²) in [7, 11) is 0. The fraction of sp³-hybridized carbons (Fsp3) is 0.353. The van der Waals surface area contributed by atoms with Crippen molar-refractivity contribution >= 4 is 23.3 Å². The number of nitrogens with one attached hydrogen (secondary N) is 1. The minimum Gasteiger partial charge on any atom is -0.341 e. The number of carbonyl (C=O) groups excluding carboxylic acids is 1. The van der Waals surface area contributed by atoms with Crippen molar-refractivity contribution in [2.24, 2.45) is 0 Å². The van der Waals surface area contributed by atoms with E-state index >= 15 is 0 Å². The van der Waals surface area contributed by atoms with Crippen molar-refractivity contribution in [2.45, 2.75) is 38.1 Å². The third-order valence-corrected chi connectivity index (χ3v) is 5.15. The van der Waals surface area contributed by atoms with E-state index in [2.05, 4.69) is 15.3 Å². The molecule has 2 aromatic rings. The molecule has 0 aliphatic heterocycles. The van der Waals surface area contributed by atoms with Gasteiger partial charge in [0.25, 0.3) is 0 Å². The van der Waals surface area contributed by atoms with Crippen LogP contribution < -0.4 is 5.32 Å². The van der Waals surface area contributed by atoms with Gasteiger partial charge in [-0.2, -0.15) is 0 Å². The molecule has 1 aliphatic carbocycles. The number of rotatable bonds is 4. The average Bonchev–Trinajstić information content (AvgIpc) is 3.16. The first kappa shape index (κ1) is 14.9. The van der Waals surface area contributed by atoms with Gasteiger partial charge in [0.2, 0.25) is 5.91 Å². The normalized spacial score (nSPS) is 17.0. The molecule has 0 atom stereocenters. The Bertz CT molecular complexity index is 672. The average molecular weight is 313 g/mol. The molecule has 1 amide bonds. The van der Waals surface area contributed by atoms with Crippen LogP contribution in [0.4, 0.5) is 0 Å². The van der Waals surface area contributed by atoms with Crippen LogP contribution in [-0.2, 0) is 10.3 Å². The molecule has 5 heteroatoms. The summed E-state index contributed by atoms with van der Waals surface area (Å²) in [5.41, 5.74) is 1.71. The third-order valence-electron chi connectivity index (χ3n) is 3.98. The van der Waals surface area contributed by atoms with Crippen molar-refractivity contribution < 1.29 is 4.79 Å². The molecule has 3 rings (SSSR count). The van der Waals surface area contributed by atoms with Gasteiger partial charge in [0.15, 0.2) is 0 Å². The number of pyridine rings is 1. The molecule has 0 aromatic carbocycles. The molecule has 2 heterocycles. The van der Waals surface area contributed by atoms with Crippen molar-refractivity contribution in [2.75, 3.05) is 0 Å². The lowest BCUT2D eigenvalue weighted by Crippen LogP contribution is -2.43. The van der Waals surface area contributed by atoms with Gasteiger partial charge >= 0.3 is 0 Å². The molecular formula is C17H19N3OS. The molecule has 0 bridgehead atoms. The van der Waals surface area contributed by atoms with Crippen LogP contribution in [0.25, 0.3) is 6.08 Å². The van der Waals surface area contributed by atoms with E-state index < -0.39 is 0 Å². The lowest BCUT2D eigenvalue weighted by atomic mass is 9.98. The van der Waals surface area contributed by atoms with Crippen LogP contribution >= 0.6 is 11.3 Å². The van der Waals surface area contributed by atoms with Crippen LogP contribution in [-0.4, -0.2) is 15.9 Å². The van der Waals surface area contributed by atoms with Crippen molar-refractivity contribution in [1.29, 1.82) is 0 Å². The number of hydrogen-bond donors (Lipinski definition) is 1. The fourth-order valence-electron chi connectivity index (χ4n) is 2.87. The maximum absolute atomic E-state index is 12.3. The Morgan fingerprint density at radius 2 is 2.05 bits per heavy atom. The number of aromatic nitrogens is 2. The molecule has 0 radical (unpaired) electrons. The molecule has 1 N–H and O–H groups in total. The van der Waals surface area contributed by atoms with Gasteiger partial charge in [-0.05, 0) is 43.5 Å². The van der Waals surface area contributed by atoms with Crippen molar-refractivity contribution in [3.8, 4) is 0 Å². The maximum atomic E-state index is 12.3. The molecule has 1 saturated carbocycles. The first-order valence-electron chi connectivity index (χ1n) is 7.51. The predicted octanol–water partition coefficient (Wildman–Crippen LogP) is 3.45. The van der Waals surface area contributed by atoms with Crippen molar-refractivity contribution in [3.05, 3.63) is 52.2 Å². The Balaban J connectivity index is 1.74. The first-order chi connectivity index (χ1) is 10.7. The number of nitrogens with zero attached hydrogens (tertiary/aromatic N) is 2. The van der Waals surface area contributed by atoms with Crippen LogP contribution in [0.3, 0.4) is 0 Å². The zero-order valence-electron chi connectivity index (χ0n) is 12.6. The molecular weight excluding hydrogens is 294 g/mol. The highest BCUT2D eigenvalue weighted by Gasteiger charge is 2.39. The minimum atomic E-state index is -0.279. The zero-order chi connectivity index (χ0) is 15.4. The van der Waals surface area contributed by atoms with Gasteiger partial charge in [-0.15, -0.1) is 11.3 Å². The second kappa shape index (κ2) is 6.40. The molecule has 114 valence electrons. The fourth-order valence-corrected chi connectivity index (χ4v) is 3.88. The highest BCUT2D eigenvalue weighted by molar-refractivity contribution is 7.09. The molecule has 1 fully saturated rings. The van der Waals surface area contributed by atoms with Gasteiger partial charge < -0.3 is 5.32 Å². The number of thiazole rings is 1. The van der Waals surface area contributed by atoms with Crippen molar-refractivity contribution in [1.82, 2.24) is 15.3 Å². The second-order valence-electron chi connectivity index (χ2n) is 5.69. The quantitative estimate of drug-likeness (QED) is 0.880. The number of hydrogen-bond acceptors (Lipinski definition) is 4. The summed E-state index contributed by atoms with van der Waals surface area (Å²) in [6.07, 6.45) is 11.0. The van der Waals surface area contributed by atoms with E-state index in [9.17, 15) is 4.79 Å². The molecule has 0 spiro atoms. The third kappa shape index (κ3) is 3.25. The van der Waals surface area contributed by atoms with Crippen LogP contribution in [0.15, 0.2) is 36.0 Å². The largest absolute Gasteiger partial charge is 0.341 e. The van der Waals surface area contributed by atoms with E-state index in [-0.39, 0.29) is 11.4 Å². The van der Waals surface area contributed by atoms with Gasteiger partial charge in [0, 0.05) is 29.5 Å². The van der Waals surface area contributed by atoms with Crippen LogP contribution in [0.5, 0.6) is 0 Å². The van der Waals surface area contributed by atoms with E-state index in [0.717, 1.165) is 41.9 Å². The highest BCUT2D eigenvalue weighted by atomic mass is 32.1. The number of carbonyl (C=O) groups is 1. The van der Waals surface area contributed by atoms with Gasteiger partial charge in [0.1, 0.15) is 5.01 Å². The number of aryl methyl sites for hydroxylation is 1. The van der Waals surface area contributed by atoms with Gasteiger partial charge in [0.05, 0.1) is 5.54 Å². The summed E-state index contributed by atoms with van der Waals surface area (Å²) in [5.74, 6) is -0.0634. The van der Waals surface area contributed by atoms with Crippen LogP contribution in [0, 0.1) is 6.92 Å². The summed E-state index contributed by atoms with van der Waals surface area (Å²) in [5, 5.41) is 6.28. The lowest BCUT2D eigenvalue weighted by molar-refractivity contribution is -0.118. The highest BCUT2D eigenvalue weighted by Crippen LogP contribution is 2.40. The molecule has 4 nitrogen and oxygen atoms in total. The lowest BCUT2D eigenvalue weighted by Gasteiger charge is -2.27. The summed E-state index contributed by atoms with van der Waals surface area (Å²) in [4.78, 5) is 20.9. The van der Waals surface area contributed by atoms with E-state index in [0.29, 0.717) is 0 Å². The Morgan fingerprint density at radius 3 is 2.68 bits per heavy atom. The minimum absolute atomic E-state index is 0.0634.